The number of aromatic amines is 2. The summed E-state index contributed by atoms with van der Waals surface area (Å²) in [5, 5.41) is 0. The van der Waals surface area contributed by atoms with Crippen molar-refractivity contribution in [3.8, 4) is 33.6 Å². The van der Waals surface area contributed by atoms with Crippen LogP contribution < -0.4 is 0 Å². The van der Waals surface area contributed by atoms with Crippen LogP contribution in [0.15, 0.2) is 122 Å². The fraction of sp³-hybridized carbons (Fsp3) is 0.273. The number of nitrogens with one attached hydrogen (secondary N) is 2. The lowest BCUT2D eigenvalue weighted by Crippen LogP contribution is -2.37. The molecule has 2 amide bonds. The average molecular weight is 689 g/mol. The molecule has 4 unspecified atom stereocenters. The number of imidazole rings is 2. The Morgan fingerprint density at radius 1 is 0.538 bits per heavy atom. The molecule has 0 aliphatic carbocycles. The minimum absolute atomic E-state index is 0.0495. The number of benzene rings is 4. The zero-order valence-corrected chi connectivity index (χ0v) is 29.7. The lowest BCUT2D eigenvalue weighted by molar-refractivity contribution is -0.134. The highest BCUT2D eigenvalue weighted by atomic mass is 16.2. The van der Waals surface area contributed by atoms with Crippen LogP contribution in [0.4, 0.5) is 0 Å². The standard InChI is InChI=1S/C44H44N6O2/c1-29-13-23-39(49(29)41(51)25-31-9-5-3-6-10-31)43-45-27-37(47-43)35-19-15-33(16-20-35)34-17-21-36(22-18-34)38-28-46-44(48-38)40-24-14-30(2)50(40)42(52)26-32-11-7-4-8-12-32/h3-12,15-22,27-30,39-40H,13-14,23-26H2,1-2H3,(H,45,47)(H,46,48). The number of hydrogen-bond acceptors (Lipinski definition) is 4. The van der Waals surface area contributed by atoms with Gasteiger partial charge in [-0.25, -0.2) is 9.97 Å². The van der Waals surface area contributed by atoms with Gasteiger partial charge in [-0.3, -0.25) is 9.59 Å². The monoisotopic (exact) mass is 688 g/mol. The largest absolute Gasteiger partial charge is 0.340 e. The highest BCUT2D eigenvalue weighted by Crippen LogP contribution is 2.38. The van der Waals surface area contributed by atoms with E-state index in [4.69, 9.17) is 9.97 Å². The van der Waals surface area contributed by atoms with Crippen molar-refractivity contribution in [3.05, 3.63) is 144 Å². The van der Waals surface area contributed by atoms with Gasteiger partial charge in [0.15, 0.2) is 0 Å². The molecule has 2 fully saturated rings. The highest BCUT2D eigenvalue weighted by molar-refractivity contribution is 5.80. The number of carbonyl (C=O) groups excluding carboxylic acids is 2. The number of amides is 2. The van der Waals surface area contributed by atoms with E-state index in [0.29, 0.717) is 12.8 Å². The summed E-state index contributed by atoms with van der Waals surface area (Å²) in [6.07, 6.45) is 8.28. The van der Waals surface area contributed by atoms with Crippen molar-refractivity contribution in [1.82, 2.24) is 29.7 Å². The number of H-pyrrole nitrogens is 2. The lowest BCUT2D eigenvalue weighted by atomic mass is 10.0. The molecule has 2 N–H and O–H groups in total. The molecular weight excluding hydrogens is 645 g/mol. The number of nitrogens with zero attached hydrogens (tertiary/aromatic N) is 4. The Bertz CT molecular complexity index is 1980. The van der Waals surface area contributed by atoms with E-state index in [2.05, 4.69) is 72.3 Å². The molecule has 4 atom stereocenters. The minimum Gasteiger partial charge on any atom is -0.340 e. The van der Waals surface area contributed by atoms with E-state index in [-0.39, 0.29) is 36.0 Å². The summed E-state index contributed by atoms with van der Waals surface area (Å²) in [4.78, 5) is 47.4. The molecule has 2 aromatic heterocycles. The number of hydrogen-bond donors (Lipinski definition) is 2. The van der Waals surface area contributed by atoms with Crippen LogP contribution in [-0.2, 0) is 22.4 Å². The second-order valence-electron chi connectivity index (χ2n) is 14.3. The van der Waals surface area contributed by atoms with E-state index >= 15 is 0 Å². The van der Waals surface area contributed by atoms with Crippen LogP contribution in [-0.4, -0.2) is 53.6 Å². The maximum absolute atomic E-state index is 13.4. The zero-order chi connectivity index (χ0) is 35.6. The van der Waals surface area contributed by atoms with Gasteiger partial charge in [0.2, 0.25) is 11.8 Å². The number of rotatable bonds is 9. The maximum atomic E-state index is 13.4. The summed E-state index contributed by atoms with van der Waals surface area (Å²) in [6.45, 7) is 4.26. The highest BCUT2D eigenvalue weighted by Gasteiger charge is 2.38. The molecule has 52 heavy (non-hydrogen) atoms. The van der Waals surface area contributed by atoms with Gasteiger partial charge in [0, 0.05) is 12.1 Å². The average Bonchev–Trinajstić information content (AvgIpc) is 3.99. The second kappa shape index (κ2) is 14.5. The van der Waals surface area contributed by atoms with Crippen LogP contribution in [0.1, 0.15) is 74.4 Å². The fourth-order valence-electron chi connectivity index (χ4n) is 8.06. The molecule has 8 heteroatoms. The SMILES string of the molecule is CC1CCC(c2ncc(-c3ccc(-c4ccc(-c5cnc(C6CCC(C)N6C(=O)Cc6ccccc6)[nH]5)cc4)cc3)[nH]2)N1C(=O)Cc1ccccc1. The Balaban J connectivity index is 0.924. The van der Waals surface area contributed by atoms with Crippen molar-refractivity contribution in [2.75, 3.05) is 0 Å². The van der Waals surface area contributed by atoms with E-state index in [0.717, 1.165) is 82.1 Å². The Morgan fingerprint density at radius 3 is 1.29 bits per heavy atom. The van der Waals surface area contributed by atoms with Crippen molar-refractivity contribution >= 4 is 11.8 Å². The Hall–Kier alpha value is -5.76. The van der Waals surface area contributed by atoms with E-state index in [1.807, 2.05) is 82.9 Å². The van der Waals surface area contributed by atoms with E-state index < -0.39 is 0 Å². The van der Waals surface area contributed by atoms with Gasteiger partial charge in [-0.2, -0.15) is 0 Å². The zero-order valence-electron chi connectivity index (χ0n) is 29.7. The van der Waals surface area contributed by atoms with E-state index in [9.17, 15) is 9.59 Å². The van der Waals surface area contributed by atoms with Crippen LogP contribution in [0, 0.1) is 0 Å². The predicted octanol–water partition coefficient (Wildman–Crippen LogP) is 8.72. The van der Waals surface area contributed by atoms with Crippen LogP contribution in [0.5, 0.6) is 0 Å². The molecule has 262 valence electrons. The van der Waals surface area contributed by atoms with Gasteiger partial charge in [0.05, 0.1) is 48.7 Å². The predicted molar refractivity (Wildman–Crippen MR) is 204 cm³/mol. The first kappa shape index (κ1) is 33.4. The second-order valence-corrected chi connectivity index (χ2v) is 14.3. The van der Waals surface area contributed by atoms with Crippen LogP contribution in [0.2, 0.25) is 0 Å². The lowest BCUT2D eigenvalue weighted by Gasteiger charge is -2.27. The smallest absolute Gasteiger partial charge is 0.227 e. The molecule has 8 rings (SSSR count). The van der Waals surface area contributed by atoms with Crippen molar-refractivity contribution in [2.24, 2.45) is 0 Å². The third kappa shape index (κ3) is 6.81. The number of likely N-dealkylation sites (tertiary alicyclic amines) is 2. The van der Waals surface area contributed by atoms with Crippen molar-refractivity contribution in [2.45, 2.75) is 76.5 Å². The van der Waals surface area contributed by atoms with E-state index in [1.165, 1.54) is 0 Å². The van der Waals surface area contributed by atoms with Gasteiger partial charge in [0.1, 0.15) is 11.6 Å². The third-order valence-corrected chi connectivity index (χ3v) is 10.9. The molecule has 6 aromatic rings. The first-order valence-electron chi connectivity index (χ1n) is 18.4. The molecule has 4 aromatic carbocycles. The summed E-state index contributed by atoms with van der Waals surface area (Å²) in [7, 11) is 0. The topological polar surface area (TPSA) is 98.0 Å². The van der Waals surface area contributed by atoms with Crippen molar-refractivity contribution in [1.29, 1.82) is 0 Å². The first-order chi connectivity index (χ1) is 25.4. The molecule has 0 bridgehead atoms. The summed E-state index contributed by atoms with van der Waals surface area (Å²) in [5.74, 6) is 1.97. The van der Waals surface area contributed by atoms with Crippen molar-refractivity contribution in [3.63, 3.8) is 0 Å². The van der Waals surface area contributed by atoms with Gasteiger partial charge >= 0.3 is 0 Å². The summed E-state index contributed by atoms with van der Waals surface area (Å²) in [6, 6.07) is 37.2. The third-order valence-electron chi connectivity index (χ3n) is 10.9. The van der Waals surface area contributed by atoms with Gasteiger partial charge in [-0.15, -0.1) is 0 Å². The Kier molecular flexibility index (Phi) is 9.29. The van der Waals surface area contributed by atoms with Crippen LogP contribution >= 0.6 is 0 Å². The van der Waals surface area contributed by atoms with E-state index in [1.54, 1.807) is 0 Å². The Labute approximate surface area is 305 Å². The molecule has 2 aliphatic heterocycles. The number of aromatic nitrogens is 4. The molecule has 0 radical (unpaired) electrons. The normalized spacial score (nSPS) is 20.0. The van der Waals surface area contributed by atoms with Gasteiger partial charge in [0.25, 0.3) is 0 Å². The molecule has 2 saturated heterocycles. The molecule has 0 saturated carbocycles. The maximum Gasteiger partial charge on any atom is 0.227 e. The van der Waals surface area contributed by atoms with Crippen LogP contribution in [0.25, 0.3) is 33.6 Å². The fourth-order valence-corrected chi connectivity index (χ4v) is 8.06. The summed E-state index contributed by atoms with van der Waals surface area (Å²) < 4.78 is 0. The molecule has 8 nitrogen and oxygen atoms in total. The molecule has 2 aliphatic rings. The summed E-state index contributed by atoms with van der Waals surface area (Å²) in [5.41, 5.74) is 8.29. The van der Waals surface area contributed by atoms with Gasteiger partial charge < -0.3 is 19.8 Å². The summed E-state index contributed by atoms with van der Waals surface area (Å²) >= 11 is 0. The first-order valence-corrected chi connectivity index (χ1v) is 18.4. The van der Waals surface area contributed by atoms with Crippen LogP contribution in [0.3, 0.4) is 0 Å². The minimum atomic E-state index is -0.0495. The van der Waals surface area contributed by atoms with Gasteiger partial charge in [-0.1, -0.05) is 109 Å². The quantitative estimate of drug-likeness (QED) is 0.159. The number of carbonyl (C=O) groups is 2. The van der Waals surface area contributed by atoms with Crippen molar-refractivity contribution < 1.29 is 9.59 Å². The molecule has 4 heterocycles. The van der Waals surface area contributed by atoms with Gasteiger partial charge in [-0.05, 0) is 72.9 Å². The molecule has 0 spiro atoms. The molecular formula is C44H44N6O2. The Morgan fingerprint density at radius 2 is 0.904 bits per heavy atom.